The number of hydrogen-bond acceptors (Lipinski definition) is 2. The van der Waals surface area contributed by atoms with Crippen LogP contribution >= 0.6 is 24.8 Å². The molecule has 0 aliphatic carbocycles. The molecule has 108 valence electrons. The lowest BCUT2D eigenvalue weighted by Crippen LogP contribution is -2.56. The summed E-state index contributed by atoms with van der Waals surface area (Å²) in [6, 6.07) is 22.0. The van der Waals surface area contributed by atoms with Crippen molar-refractivity contribution in [2.75, 3.05) is 13.1 Å². The van der Waals surface area contributed by atoms with E-state index in [9.17, 15) is 0 Å². The van der Waals surface area contributed by atoms with Crippen LogP contribution in [0.25, 0.3) is 0 Å². The molecule has 2 nitrogen and oxygen atoms in total. The summed E-state index contributed by atoms with van der Waals surface area (Å²) >= 11 is 0. The molecular weight excluding hydrogens is 291 g/mol. The lowest BCUT2D eigenvalue weighted by Gasteiger charge is -2.43. The zero-order valence-corrected chi connectivity index (χ0v) is 12.8. The molecule has 1 saturated heterocycles. The Morgan fingerprint density at radius 2 is 1.20 bits per heavy atom. The smallest absolute Gasteiger partial charge is 0.0602 e. The average molecular weight is 311 g/mol. The van der Waals surface area contributed by atoms with Crippen molar-refractivity contribution in [3.05, 3.63) is 71.8 Å². The minimum absolute atomic E-state index is 0. The zero-order valence-electron chi connectivity index (χ0n) is 11.2. The summed E-state index contributed by atoms with van der Waals surface area (Å²) in [7, 11) is 0. The van der Waals surface area contributed by atoms with Crippen molar-refractivity contribution < 1.29 is 0 Å². The third-order valence-electron chi connectivity index (χ3n) is 3.53. The molecular formula is C16H20Cl2N2. The van der Waals surface area contributed by atoms with Crippen LogP contribution < -0.4 is 5.73 Å². The van der Waals surface area contributed by atoms with Crippen molar-refractivity contribution in [3.63, 3.8) is 0 Å². The van der Waals surface area contributed by atoms with E-state index in [2.05, 4.69) is 65.6 Å². The van der Waals surface area contributed by atoms with Crippen LogP contribution in [-0.2, 0) is 0 Å². The molecule has 0 amide bonds. The van der Waals surface area contributed by atoms with Gasteiger partial charge >= 0.3 is 0 Å². The van der Waals surface area contributed by atoms with Gasteiger partial charge in [0, 0.05) is 19.1 Å². The number of likely N-dealkylation sites (tertiary alicyclic amines) is 1. The van der Waals surface area contributed by atoms with Gasteiger partial charge in [0.05, 0.1) is 6.04 Å². The largest absolute Gasteiger partial charge is 0.325 e. The standard InChI is InChI=1S/C16H18N2.2ClH/c17-15-11-18(12-15)16(13-7-3-1-4-8-13)14-9-5-2-6-10-14;;/h1-10,15-16H,11-12,17H2;2*1H. The molecule has 0 bridgehead atoms. The number of nitrogens with two attached hydrogens (primary N) is 1. The Hall–Kier alpha value is -1.06. The second-order valence-electron chi connectivity index (χ2n) is 4.94. The summed E-state index contributed by atoms with van der Waals surface area (Å²) in [6.45, 7) is 1.96. The van der Waals surface area contributed by atoms with E-state index in [0.29, 0.717) is 12.1 Å². The van der Waals surface area contributed by atoms with Crippen LogP contribution in [0, 0.1) is 0 Å². The first-order valence-corrected chi connectivity index (χ1v) is 6.44. The Balaban J connectivity index is 0.000001000. The van der Waals surface area contributed by atoms with Gasteiger partial charge < -0.3 is 5.73 Å². The van der Waals surface area contributed by atoms with E-state index in [-0.39, 0.29) is 24.8 Å². The van der Waals surface area contributed by atoms with Crippen LogP contribution in [0.1, 0.15) is 17.2 Å². The monoisotopic (exact) mass is 310 g/mol. The average Bonchev–Trinajstić information content (AvgIpc) is 2.40. The Morgan fingerprint density at radius 3 is 1.55 bits per heavy atom. The van der Waals surface area contributed by atoms with Gasteiger partial charge in [0.2, 0.25) is 0 Å². The zero-order chi connectivity index (χ0) is 12.4. The maximum Gasteiger partial charge on any atom is 0.0602 e. The first kappa shape index (κ1) is 17.0. The van der Waals surface area contributed by atoms with Gasteiger partial charge in [-0.1, -0.05) is 60.7 Å². The molecule has 1 aliphatic heterocycles. The van der Waals surface area contributed by atoms with Crippen molar-refractivity contribution in [2.45, 2.75) is 12.1 Å². The third-order valence-corrected chi connectivity index (χ3v) is 3.53. The van der Waals surface area contributed by atoms with Gasteiger partial charge in [0.25, 0.3) is 0 Å². The fraction of sp³-hybridized carbons (Fsp3) is 0.250. The molecule has 1 heterocycles. The van der Waals surface area contributed by atoms with E-state index in [0.717, 1.165) is 13.1 Å². The van der Waals surface area contributed by atoms with E-state index in [1.807, 2.05) is 0 Å². The second kappa shape index (κ2) is 7.65. The van der Waals surface area contributed by atoms with Gasteiger partial charge in [-0.3, -0.25) is 4.90 Å². The summed E-state index contributed by atoms with van der Waals surface area (Å²) in [5.74, 6) is 0. The first-order valence-electron chi connectivity index (χ1n) is 6.44. The SMILES string of the molecule is Cl.Cl.NC1CN(C(c2ccccc2)c2ccccc2)C1. The number of benzene rings is 2. The van der Waals surface area contributed by atoms with Gasteiger partial charge in [0.15, 0.2) is 0 Å². The van der Waals surface area contributed by atoms with Gasteiger partial charge in [-0.05, 0) is 11.1 Å². The van der Waals surface area contributed by atoms with Crippen molar-refractivity contribution >= 4 is 24.8 Å². The van der Waals surface area contributed by atoms with Crippen LogP contribution in [0.4, 0.5) is 0 Å². The Morgan fingerprint density at radius 1 is 0.800 bits per heavy atom. The fourth-order valence-electron chi connectivity index (χ4n) is 2.64. The number of rotatable bonds is 3. The number of halogens is 2. The molecule has 0 aromatic heterocycles. The molecule has 0 radical (unpaired) electrons. The van der Waals surface area contributed by atoms with E-state index in [4.69, 9.17) is 5.73 Å². The molecule has 3 rings (SSSR count). The molecule has 0 saturated carbocycles. The van der Waals surface area contributed by atoms with Gasteiger partial charge in [-0.15, -0.1) is 24.8 Å². The minimum atomic E-state index is 0. The Kier molecular flexibility index (Phi) is 6.50. The molecule has 0 spiro atoms. The maximum atomic E-state index is 5.92. The summed E-state index contributed by atoms with van der Waals surface area (Å²) in [5, 5.41) is 0. The maximum absolute atomic E-state index is 5.92. The third kappa shape index (κ3) is 3.53. The fourth-order valence-corrected chi connectivity index (χ4v) is 2.64. The van der Waals surface area contributed by atoms with Crippen molar-refractivity contribution in [1.82, 2.24) is 4.90 Å². The number of hydrogen-bond donors (Lipinski definition) is 1. The van der Waals surface area contributed by atoms with E-state index < -0.39 is 0 Å². The highest BCUT2D eigenvalue weighted by Gasteiger charge is 2.31. The van der Waals surface area contributed by atoms with Gasteiger partial charge in [-0.2, -0.15) is 0 Å². The van der Waals surface area contributed by atoms with Crippen molar-refractivity contribution in [2.24, 2.45) is 5.73 Å². The van der Waals surface area contributed by atoms with Gasteiger partial charge in [0.1, 0.15) is 0 Å². The molecule has 1 fully saturated rings. The van der Waals surface area contributed by atoms with Crippen LogP contribution in [0.5, 0.6) is 0 Å². The number of nitrogens with zero attached hydrogens (tertiary/aromatic N) is 1. The van der Waals surface area contributed by atoms with Crippen LogP contribution in [-0.4, -0.2) is 24.0 Å². The Bertz CT molecular complexity index is 459. The molecule has 2 aromatic rings. The highest BCUT2D eigenvalue weighted by atomic mass is 35.5. The second-order valence-corrected chi connectivity index (χ2v) is 4.94. The molecule has 2 aromatic carbocycles. The summed E-state index contributed by atoms with van der Waals surface area (Å²) in [4.78, 5) is 2.44. The van der Waals surface area contributed by atoms with Crippen molar-refractivity contribution in [3.8, 4) is 0 Å². The summed E-state index contributed by atoms with van der Waals surface area (Å²) in [5.41, 5.74) is 8.61. The van der Waals surface area contributed by atoms with Crippen LogP contribution in [0.15, 0.2) is 60.7 Å². The first-order chi connectivity index (χ1) is 8.84. The van der Waals surface area contributed by atoms with E-state index in [1.165, 1.54) is 11.1 Å². The van der Waals surface area contributed by atoms with Gasteiger partial charge in [-0.25, -0.2) is 0 Å². The molecule has 0 unspecified atom stereocenters. The quantitative estimate of drug-likeness (QED) is 0.943. The van der Waals surface area contributed by atoms with E-state index in [1.54, 1.807) is 0 Å². The molecule has 4 heteroatoms. The Labute approximate surface area is 132 Å². The molecule has 2 N–H and O–H groups in total. The normalized spacial score (nSPS) is 15.1. The summed E-state index contributed by atoms with van der Waals surface area (Å²) < 4.78 is 0. The lowest BCUT2D eigenvalue weighted by molar-refractivity contribution is 0.114. The predicted octanol–water partition coefficient (Wildman–Crippen LogP) is 3.26. The topological polar surface area (TPSA) is 29.3 Å². The highest BCUT2D eigenvalue weighted by Crippen LogP contribution is 2.31. The predicted molar refractivity (Wildman–Crippen MR) is 88.8 cm³/mol. The van der Waals surface area contributed by atoms with Crippen LogP contribution in [0.2, 0.25) is 0 Å². The van der Waals surface area contributed by atoms with Crippen LogP contribution in [0.3, 0.4) is 0 Å². The summed E-state index contributed by atoms with van der Waals surface area (Å²) in [6.07, 6.45) is 0. The minimum Gasteiger partial charge on any atom is -0.325 e. The molecule has 0 atom stereocenters. The highest BCUT2D eigenvalue weighted by molar-refractivity contribution is 5.85. The molecule has 20 heavy (non-hydrogen) atoms. The lowest BCUT2D eigenvalue weighted by atomic mass is 9.93. The van der Waals surface area contributed by atoms with Crippen molar-refractivity contribution in [1.29, 1.82) is 0 Å². The van der Waals surface area contributed by atoms with E-state index >= 15 is 0 Å². The molecule has 1 aliphatic rings.